The van der Waals surface area contributed by atoms with E-state index in [1.54, 1.807) is 24.3 Å². The Kier molecular flexibility index (Phi) is 4.36. The highest BCUT2D eigenvalue weighted by atomic mass is 32.1. The van der Waals surface area contributed by atoms with E-state index in [1.807, 2.05) is 11.5 Å². The van der Waals surface area contributed by atoms with Crippen LogP contribution in [0.25, 0.3) is 10.2 Å². The van der Waals surface area contributed by atoms with E-state index >= 15 is 0 Å². The van der Waals surface area contributed by atoms with Crippen molar-refractivity contribution in [3.63, 3.8) is 0 Å². The molecule has 0 spiro atoms. The number of nitro groups is 1. The number of hydrogen-bond donors (Lipinski definition) is 0. The molecule has 8 nitrogen and oxygen atoms in total. The number of aryl methyl sites for hydroxylation is 1. The molecule has 0 aliphatic carbocycles. The van der Waals surface area contributed by atoms with Gasteiger partial charge in [0.05, 0.1) is 15.1 Å². The lowest BCUT2D eigenvalue weighted by atomic mass is 10.2. The molecule has 0 bridgehead atoms. The van der Waals surface area contributed by atoms with Gasteiger partial charge in [-0.3, -0.25) is 14.9 Å². The number of nitrogens with zero attached hydrogens (tertiary/aromatic N) is 3. The predicted octanol–water partition coefficient (Wildman–Crippen LogP) is 3.14. The van der Waals surface area contributed by atoms with Crippen molar-refractivity contribution in [3.8, 4) is 11.5 Å². The molecule has 27 heavy (non-hydrogen) atoms. The number of fused-ring (bicyclic) bond motifs is 2. The average molecular weight is 385 g/mol. The summed E-state index contributed by atoms with van der Waals surface area (Å²) in [5.41, 5.74) is 1.21. The van der Waals surface area contributed by atoms with Crippen LogP contribution in [0.3, 0.4) is 0 Å². The van der Waals surface area contributed by atoms with E-state index in [4.69, 9.17) is 9.47 Å². The van der Waals surface area contributed by atoms with E-state index in [1.165, 1.54) is 23.5 Å². The zero-order valence-electron chi connectivity index (χ0n) is 14.4. The number of benzene rings is 2. The molecular formula is C18H15N3O5S. The lowest BCUT2D eigenvalue weighted by Crippen LogP contribution is -2.17. The number of aromatic nitrogens is 1. The fourth-order valence-corrected chi connectivity index (χ4v) is 4.02. The van der Waals surface area contributed by atoms with Crippen LogP contribution in [0.15, 0.2) is 41.4 Å². The molecule has 1 aliphatic rings. The van der Waals surface area contributed by atoms with Crippen LogP contribution in [0.5, 0.6) is 11.5 Å². The lowest BCUT2D eigenvalue weighted by molar-refractivity contribution is -0.384. The first-order chi connectivity index (χ1) is 13.1. The van der Waals surface area contributed by atoms with Gasteiger partial charge >= 0.3 is 0 Å². The van der Waals surface area contributed by atoms with E-state index in [2.05, 4.69) is 4.99 Å². The minimum absolute atomic E-state index is 0.0108. The second kappa shape index (κ2) is 6.84. The average Bonchev–Trinajstić information content (AvgIpc) is 3.03. The summed E-state index contributed by atoms with van der Waals surface area (Å²) >= 11 is 1.25. The molecular weight excluding hydrogens is 370 g/mol. The SMILES string of the molecule is CCn1c(=NC(=O)c2ccc3c(c2)OCCO3)sc2cc([N+](=O)[O-])ccc21. The lowest BCUT2D eigenvalue weighted by Gasteiger charge is -2.18. The van der Waals surface area contributed by atoms with Crippen molar-refractivity contribution in [2.75, 3.05) is 13.2 Å². The molecule has 0 fully saturated rings. The monoisotopic (exact) mass is 385 g/mol. The standard InChI is InChI=1S/C18H15N3O5S/c1-2-20-13-5-4-12(21(23)24)10-16(13)27-18(20)19-17(22)11-3-6-14-15(9-11)26-8-7-25-14/h3-6,9-10H,2,7-8H2,1H3. The molecule has 0 unspecified atom stereocenters. The Hall–Kier alpha value is -3.20. The highest BCUT2D eigenvalue weighted by molar-refractivity contribution is 7.16. The summed E-state index contributed by atoms with van der Waals surface area (Å²) < 4.78 is 13.5. The molecule has 9 heteroatoms. The molecule has 2 heterocycles. The van der Waals surface area contributed by atoms with Gasteiger partial charge in [-0.25, -0.2) is 0 Å². The Balaban J connectivity index is 1.77. The summed E-state index contributed by atoms with van der Waals surface area (Å²) in [5, 5.41) is 11.0. The molecule has 4 rings (SSSR count). The zero-order valence-corrected chi connectivity index (χ0v) is 15.2. The van der Waals surface area contributed by atoms with Crippen LogP contribution < -0.4 is 14.3 Å². The molecule has 3 aromatic rings. The van der Waals surface area contributed by atoms with Crippen LogP contribution in [0, 0.1) is 10.1 Å². The Morgan fingerprint density at radius 1 is 1.22 bits per heavy atom. The zero-order chi connectivity index (χ0) is 19.0. The van der Waals surface area contributed by atoms with E-state index in [0.717, 1.165) is 5.52 Å². The molecule has 1 amide bonds. The highest BCUT2D eigenvalue weighted by Crippen LogP contribution is 2.31. The van der Waals surface area contributed by atoms with Crippen molar-refractivity contribution in [1.82, 2.24) is 4.57 Å². The Morgan fingerprint density at radius 3 is 2.74 bits per heavy atom. The molecule has 0 atom stereocenters. The van der Waals surface area contributed by atoms with Crippen molar-refractivity contribution < 1.29 is 19.2 Å². The number of carbonyl (C=O) groups is 1. The van der Waals surface area contributed by atoms with Gasteiger partial charge in [0.1, 0.15) is 13.2 Å². The Bertz CT molecular complexity index is 1130. The normalized spacial score (nSPS) is 13.7. The third-order valence-corrected chi connectivity index (χ3v) is 5.22. The molecule has 1 aliphatic heterocycles. The predicted molar refractivity (Wildman–Crippen MR) is 99.5 cm³/mol. The second-order valence-electron chi connectivity index (χ2n) is 5.81. The summed E-state index contributed by atoms with van der Waals surface area (Å²) in [6.07, 6.45) is 0. The molecule has 0 radical (unpaired) electrons. The maximum Gasteiger partial charge on any atom is 0.279 e. The fourth-order valence-electron chi connectivity index (χ4n) is 2.89. The van der Waals surface area contributed by atoms with Crippen molar-refractivity contribution in [3.05, 3.63) is 56.9 Å². The Labute approximate surface area is 157 Å². The van der Waals surface area contributed by atoms with Gasteiger partial charge in [-0.15, -0.1) is 0 Å². The van der Waals surface area contributed by atoms with Crippen LogP contribution in [-0.2, 0) is 6.54 Å². The van der Waals surface area contributed by atoms with Gasteiger partial charge in [0.25, 0.3) is 11.6 Å². The highest BCUT2D eigenvalue weighted by Gasteiger charge is 2.16. The van der Waals surface area contributed by atoms with E-state index in [-0.39, 0.29) is 5.69 Å². The van der Waals surface area contributed by atoms with Crippen LogP contribution in [0.4, 0.5) is 5.69 Å². The minimum atomic E-state index is -0.438. The molecule has 1 aromatic heterocycles. The summed E-state index contributed by atoms with van der Waals surface area (Å²) in [4.78, 5) is 27.9. The first-order valence-corrected chi connectivity index (χ1v) is 9.15. The summed E-state index contributed by atoms with van der Waals surface area (Å²) in [6.45, 7) is 3.44. The van der Waals surface area contributed by atoms with Crippen molar-refractivity contribution in [2.24, 2.45) is 4.99 Å². The second-order valence-corrected chi connectivity index (χ2v) is 6.82. The van der Waals surface area contributed by atoms with Crippen molar-refractivity contribution in [2.45, 2.75) is 13.5 Å². The van der Waals surface area contributed by atoms with Gasteiger partial charge in [0, 0.05) is 24.2 Å². The largest absolute Gasteiger partial charge is 0.486 e. The summed E-state index contributed by atoms with van der Waals surface area (Å²) in [5.74, 6) is 0.725. The quantitative estimate of drug-likeness (QED) is 0.510. The third-order valence-electron chi connectivity index (χ3n) is 4.18. The number of nitro benzene ring substituents is 1. The maximum atomic E-state index is 12.6. The third kappa shape index (κ3) is 3.17. The summed E-state index contributed by atoms with van der Waals surface area (Å²) in [7, 11) is 0. The van der Waals surface area contributed by atoms with Crippen LogP contribution in [0.2, 0.25) is 0 Å². The number of amides is 1. The number of carbonyl (C=O) groups excluding carboxylic acids is 1. The van der Waals surface area contributed by atoms with Crippen molar-refractivity contribution >= 4 is 33.1 Å². The van der Waals surface area contributed by atoms with E-state index < -0.39 is 10.8 Å². The van der Waals surface area contributed by atoms with Crippen LogP contribution in [-0.4, -0.2) is 28.6 Å². The molecule has 0 N–H and O–H groups in total. The number of hydrogen-bond acceptors (Lipinski definition) is 6. The van der Waals surface area contributed by atoms with Crippen molar-refractivity contribution in [1.29, 1.82) is 0 Å². The minimum Gasteiger partial charge on any atom is -0.486 e. The molecule has 0 saturated carbocycles. The fraction of sp³-hybridized carbons (Fsp3) is 0.222. The first kappa shape index (κ1) is 17.2. The smallest absolute Gasteiger partial charge is 0.279 e. The van der Waals surface area contributed by atoms with E-state index in [9.17, 15) is 14.9 Å². The van der Waals surface area contributed by atoms with Gasteiger partial charge in [0.15, 0.2) is 16.3 Å². The van der Waals surface area contributed by atoms with Gasteiger partial charge < -0.3 is 14.0 Å². The number of non-ortho nitro benzene ring substituents is 1. The molecule has 0 saturated heterocycles. The van der Waals surface area contributed by atoms with Gasteiger partial charge in [0.2, 0.25) is 0 Å². The maximum absolute atomic E-state index is 12.6. The van der Waals surface area contributed by atoms with Gasteiger partial charge in [-0.05, 0) is 31.2 Å². The van der Waals surface area contributed by atoms with E-state index in [0.29, 0.717) is 46.3 Å². The molecule has 138 valence electrons. The first-order valence-electron chi connectivity index (χ1n) is 8.33. The molecule has 2 aromatic carbocycles. The number of rotatable bonds is 3. The number of ether oxygens (including phenoxy) is 2. The van der Waals surface area contributed by atoms with Gasteiger partial charge in [-0.1, -0.05) is 11.3 Å². The Morgan fingerprint density at radius 2 is 2.00 bits per heavy atom. The van der Waals surface area contributed by atoms with Crippen LogP contribution in [0.1, 0.15) is 17.3 Å². The van der Waals surface area contributed by atoms with Crippen LogP contribution >= 0.6 is 11.3 Å². The number of thiazole rings is 1. The summed E-state index contributed by atoms with van der Waals surface area (Å²) in [6, 6.07) is 9.59. The topological polar surface area (TPSA) is 96.0 Å². The van der Waals surface area contributed by atoms with Gasteiger partial charge in [-0.2, -0.15) is 4.99 Å².